The molecule has 0 unspecified atom stereocenters. The molecule has 0 bridgehead atoms. The van der Waals surface area contributed by atoms with Gasteiger partial charge in [0.2, 0.25) is 0 Å². The Hall–Kier alpha value is -2.96. The first-order valence-corrected chi connectivity index (χ1v) is 7.40. The molecule has 3 heterocycles. The van der Waals surface area contributed by atoms with Crippen molar-refractivity contribution in [3.05, 3.63) is 58.3 Å². The van der Waals surface area contributed by atoms with E-state index in [1.165, 1.54) is 23.9 Å². The second kappa shape index (κ2) is 5.05. The van der Waals surface area contributed by atoms with Crippen molar-refractivity contribution in [3.63, 3.8) is 0 Å². The Kier molecular flexibility index (Phi) is 3.00. The fraction of sp³-hybridized carbons (Fsp3) is 0.250. The lowest BCUT2D eigenvalue weighted by atomic mass is 9.99. The van der Waals surface area contributed by atoms with Crippen LogP contribution in [-0.2, 0) is 7.05 Å². The van der Waals surface area contributed by atoms with Crippen molar-refractivity contribution < 1.29 is 4.79 Å². The van der Waals surface area contributed by atoms with Crippen LogP contribution < -0.4 is 5.56 Å². The largest absolute Gasteiger partial charge is 0.342 e. The summed E-state index contributed by atoms with van der Waals surface area (Å²) in [5.74, 6) is 0.954. The molecule has 0 radical (unpaired) electrons. The molecular formula is C16H15N5O2. The molecule has 3 aromatic rings. The highest BCUT2D eigenvalue weighted by molar-refractivity contribution is 5.92. The third-order valence-corrected chi connectivity index (χ3v) is 4.14. The van der Waals surface area contributed by atoms with Gasteiger partial charge in [0.15, 0.2) is 0 Å². The van der Waals surface area contributed by atoms with Crippen molar-refractivity contribution in [1.82, 2.24) is 24.6 Å². The van der Waals surface area contributed by atoms with Crippen molar-refractivity contribution in [2.24, 2.45) is 7.05 Å². The number of nitrogens with zero attached hydrogens (tertiary/aromatic N) is 4. The van der Waals surface area contributed by atoms with Crippen LogP contribution in [0.5, 0.6) is 0 Å². The molecule has 1 N–H and O–H groups in total. The Labute approximate surface area is 131 Å². The van der Waals surface area contributed by atoms with E-state index in [-0.39, 0.29) is 23.1 Å². The van der Waals surface area contributed by atoms with Gasteiger partial charge in [-0.3, -0.25) is 9.59 Å². The quantitative estimate of drug-likeness (QED) is 0.762. The van der Waals surface area contributed by atoms with Gasteiger partial charge in [-0.05, 0) is 18.2 Å². The molecule has 1 aromatic carbocycles. The average molecular weight is 309 g/mol. The number of hydrogen-bond donors (Lipinski definition) is 1. The van der Waals surface area contributed by atoms with E-state index < -0.39 is 0 Å². The predicted octanol–water partition coefficient (Wildman–Crippen LogP) is 0.896. The van der Waals surface area contributed by atoms with Crippen LogP contribution in [-0.4, -0.2) is 43.6 Å². The number of carbonyl (C=O) groups is 1. The van der Waals surface area contributed by atoms with Crippen molar-refractivity contribution in [2.75, 3.05) is 13.1 Å². The number of carbonyl (C=O) groups excluding carboxylic acids is 1. The second-order valence-corrected chi connectivity index (χ2v) is 5.73. The molecule has 7 nitrogen and oxygen atoms in total. The fourth-order valence-electron chi connectivity index (χ4n) is 2.76. The molecule has 0 saturated carbocycles. The first kappa shape index (κ1) is 13.7. The number of aromatic amines is 1. The van der Waals surface area contributed by atoms with Gasteiger partial charge in [-0.1, -0.05) is 12.1 Å². The number of rotatable bonds is 2. The van der Waals surface area contributed by atoms with Crippen molar-refractivity contribution in [2.45, 2.75) is 5.92 Å². The Morgan fingerprint density at radius 3 is 2.74 bits per heavy atom. The third-order valence-electron chi connectivity index (χ3n) is 4.14. The number of aromatic nitrogens is 4. The van der Waals surface area contributed by atoms with Crippen LogP contribution in [0.4, 0.5) is 0 Å². The lowest BCUT2D eigenvalue weighted by Gasteiger charge is -2.37. The van der Waals surface area contributed by atoms with E-state index in [4.69, 9.17) is 0 Å². The molecule has 116 valence electrons. The summed E-state index contributed by atoms with van der Waals surface area (Å²) < 4.78 is 1.17. The number of aryl methyl sites for hydroxylation is 1. The number of imidazole rings is 1. The van der Waals surface area contributed by atoms with E-state index in [1.54, 1.807) is 4.90 Å². The molecule has 2 aromatic heterocycles. The van der Waals surface area contributed by atoms with Gasteiger partial charge in [-0.15, -0.1) is 0 Å². The molecule has 1 aliphatic rings. The first-order valence-electron chi connectivity index (χ1n) is 7.40. The summed E-state index contributed by atoms with van der Waals surface area (Å²) in [7, 11) is 1.53. The Morgan fingerprint density at radius 1 is 1.22 bits per heavy atom. The SMILES string of the molecule is Cn1nc(C(=O)N2CC(c3nc4ccccc4[nH]3)C2)ccc1=O. The van der Waals surface area contributed by atoms with E-state index >= 15 is 0 Å². The lowest BCUT2D eigenvalue weighted by molar-refractivity contribution is 0.0587. The minimum atomic E-state index is -0.231. The van der Waals surface area contributed by atoms with Gasteiger partial charge in [-0.25, -0.2) is 9.67 Å². The normalized spacial score (nSPS) is 14.9. The second-order valence-electron chi connectivity index (χ2n) is 5.73. The van der Waals surface area contributed by atoms with Gasteiger partial charge in [0.05, 0.1) is 17.0 Å². The highest BCUT2D eigenvalue weighted by Gasteiger charge is 2.34. The van der Waals surface area contributed by atoms with Crippen LogP contribution in [0.2, 0.25) is 0 Å². The zero-order valence-electron chi connectivity index (χ0n) is 12.6. The molecule has 1 saturated heterocycles. The van der Waals surface area contributed by atoms with Gasteiger partial charge in [0.25, 0.3) is 11.5 Å². The minimum absolute atomic E-state index is 0.159. The third kappa shape index (κ3) is 2.30. The van der Waals surface area contributed by atoms with Crippen LogP contribution in [0.15, 0.2) is 41.2 Å². The monoisotopic (exact) mass is 309 g/mol. The lowest BCUT2D eigenvalue weighted by Crippen LogP contribution is -2.49. The zero-order chi connectivity index (χ0) is 16.0. The number of benzene rings is 1. The summed E-state index contributed by atoms with van der Waals surface area (Å²) in [6, 6.07) is 10.7. The van der Waals surface area contributed by atoms with Gasteiger partial charge in [0.1, 0.15) is 11.5 Å². The van der Waals surface area contributed by atoms with E-state index in [1.807, 2.05) is 24.3 Å². The maximum Gasteiger partial charge on any atom is 0.274 e. The van der Waals surface area contributed by atoms with Gasteiger partial charge >= 0.3 is 0 Å². The summed E-state index contributed by atoms with van der Waals surface area (Å²) >= 11 is 0. The maximum absolute atomic E-state index is 12.4. The van der Waals surface area contributed by atoms with E-state index in [9.17, 15) is 9.59 Å². The number of fused-ring (bicyclic) bond motifs is 1. The molecule has 0 atom stereocenters. The molecule has 1 aliphatic heterocycles. The van der Waals surface area contributed by atoms with Gasteiger partial charge in [0, 0.05) is 26.2 Å². The van der Waals surface area contributed by atoms with Crippen LogP contribution in [0, 0.1) is 0 Å². The summed E-state index contributed by atoms with van der Waals surface area (Å²) in [6.07, 6.45) is 0. The number of para-hydroxylation sites is 2. The van der Waals surface area contributed by atoms with E-state index in [2.05, 4.69) is 15.1 Å². The molecule has 23 heavy (non-hydrogen) atoms. The number of amides is 1. The molecule has 1 amide bonds. The van der Waals surface area contributed by atoms with Crippen molar-refractivity contribution in [1.29, 1.82) is 0 Å². The molecule has 0 spiro atoms. The highest BCUT2D eigenvalue weighted by Crippen LogP contribution is 2.27. The van der Waals surface area contributed by atoms with Crippen LogP contribution in [0.25, 0.3) is 11.0 Å². The molecule has 0 aliphatic carbocycles. The van der Waals surface area contributed by atoms with E-state index in [0.29, 0.717) is 13.1 Å². The number of H-pyrrole nitrogens is 1. The van der Waals surface area contributed by atoms with Crippen LogP contribution in [0.3, 0.4) is 0 Å². The predicted molar refractivity (Wildman–Crippen MR) is 84.2 cm³/mol. The maximum atomic E-state index is 12.4. The van der Waals surface area contributed by atoms with Crippen molar-refractivity contribution >= 4 is 16.9 Å². The smallest absolute Gasteiger partial charge is 0.274 e. The Morgan fingerprint density at radius 2 is 2.00 bits per heavy atom. The molecule has 4 rings (SSSR count). The molecular weight excluding hydrogens is 294 g/mol. The Balaban J connectivity index is 1.49. The summed E-state index contributed by atoms with van der Waals surface area (Å²) in [4.78, 5) is 33.3. The topological polar surface area (TPSA) is 83.9 Å². The minimum Gasteiger partial charge on any atom is -0.342 e. The van der Waals surface area contributed by atoms with Crippen molar-refractivity contribution in [3.8, 4) is 0 Å². The molecule has 1 fully saturated rings. The number of nitrogens with one attached hydrogen (secondary N) is 1. The van der Waals surface area contributed by atoms with E-state index in [0.717, 1.165) is 16.9 Å². The first-order chi connectivity index (χ1) is 11.1. The molecule has 7 heteroatoms. The van der Waals surface area contributed by atoms with Crippen LogP contribution in [0.1, 0.15) is 22.2 Å². The fourth-order valence-corrected chi connectivity index (χ4v) is 2.76. The zero-order valence-corrected chi connectivity index (χ0v) is 12.6. The Bertz CT molecular complexity index is 919. The highest BCUT2D eigenvalue weighted by atomic mass is 16.2. The van der Waals surface area contributed by atoms with Gasteiger partial charge in [-0.2, -0.15) is 5.10 Å². The number of hydrogen-bond acceptors (Lipinski definition) is 4. The standard InChI is InChI=1S/C16H15N5O2/c1-20-14(22)7-6-13(19-20)16(23)21-8-10(9-21)15-17-11-4-2-3-5-12(11)18-15/h2-7,10H,8-9H2,1H3,(H,17,18). The number of likely N-dealkylation sites (tertiary alicyclic amines) is 1. The average Bonchev–Trinajstić information content (AvgIpc) is 2.91. The summed E-state index contributed by atoms with van der Waals surface area (Å²) in [5, 5.41) is 4.00. The summed E-state index contributed by atoms with van der Waals surface area (Å²) in [6.45, 7) is 1.20. The summed E-state index contributed by atoms with van der Waals surface area (Å²) in [5.41, 5.74) is 2.00. The van der Waals surface area contributed by atoms with Crippen LogP contribution >= 0.6 is 0 Å². The van der Waals surface area contributed by atoms with Gasteiger partial charge < -0.3 is 9.88 Å².